The maximum absolute atomic E-state index is 9.50. The highest BCUT2D eigenvalue weighted by atomic mass is 16.5. The van der Waals surface area contributed by atoms with Crippen molar-refractivity contribution in [1.29, 1.82) is 5.26 Å². The summed E-state index contributed by atoms with van der Waals surface area (Å²) in [7, 11) is 0. The van der Waals surface area contributed by atoms with Crippen molar-refractivity contribution in [2.45, 2.75) is 25.8 Å². The molecule has 0 bridgehead atoms. The van der Waals surface area contributed by atoms with E-state index < -0.39 is 0 Å². The third-order valence-electron chi connectivity index (χ3n) is 4.43. The highest BCUT2D eigenvalue weighted by Gasteiger charge is 2.28. The summed E-state index contributed by atoms with van der Waals surface area (Å²) in [5.74, 6) is 1.70. The van der Waals surface area contributed by atoms with Crippen molar-refractivity contribution in [2.75, 3.05) is 13.1 Å². The Morgan fingerprint density at radius 1 is 1.43 bits per heavy atom. The molecule has 0 unspecified atom stereocenters. The lowest BCUT2D eigenvalue weighted by molar-refractivity contribution is 0.308. The largest absolute Gasteiger partial charge is 0.339 e. The maximum atomic E-state index is 9.50. The molecule has 116 valence electrons. The summed E-state index contributed by atoms with van der Waals surface area (Å²) >= 11 is 0. The summed E-state index contributed by atoms with van der Waals surface area (Å²) in [6.07, 6.45) is 5.04. The highest BCUT2D eigenvalue weighted by Crippen LogP contribution is 2.28. The van der Waals surface area contributed by atoms with Crippen molar-refractivity contribution in [3.8, 4) is 6.07 Å². The van der Waals surface area contributed by atoms with Crippen molar-refractivity contribution in [1.82, 2.24) is 19.4 Å². The molecule has 0 N–H and O–H groups in total. The van der Waals surface area contributed by atoms with Gasteiger partial charge >= 0.3 is 0 Å². The normalized spacial score (nSPS) is 18.5. The van der Waals surface area contributed by atoms with Gasteiger partial charge in [-0.3, -0.25) is 4.90 Å². The van der Waals surface area contributed by atoms with Crippen LogP contribution >= 0.6 is 0 Å². The van der Waals surface area contributed by atoms with E-state index in [1.807, 2.05) is 35.7 Å². The van der Waals surface area contributed by atoms with Crippen LogP contribution in [0, 0.1) is 18.3 Å². The minimum atomic E-state index is 0.291. The summed E-state index contributed by atoms with van der Waals surface area (Å²) in [4.78, 5) is 6.69. The van der Waals surface area contributed by atoms with E-state index in [1.54, 1.807) is 0 Å². The Morgan fingerprint density at radius 3 is 3.13 bits per heavy atom. The van der Waals surface area contributed by atoms with Gasteiger partial charge in [-0.15, -0.1) is 0 Å². The molecular weight excluding hydrogens is 290 g/mol. The van der Waals surface area contributed by atoms with Crippen molar-refractivity contribution in [3.05, 3.63) is 53.4 Å². The smallest absolute Gasteiger partial charge is 0.231 e. The lowest BCUT2D eigenvalue weighted by Crippen LogP contribution is -2.20. The lowest BCUT2D eigenvalue weighted by atomic mass is 10.1. The number of rotatable bonds is 3. The molecule has 0 amide bonds. The van der Waals surface area contributed by atoms with E-state index in [-0.39, 0.29) is 0 Å². The van der Waals surface area contributed by atoms with Crippen LogP contribution in [0.25, 0.3) is 5.52 Å². The average molecular weight is 307 g/mol. The molecule has 0 aromatic carbocycles. The Morgan fingerprint density at radius 2 is 2.35 bits per heavy atom. The Balaban J connectivity index is 1.54. The molecule has 3 aromatic rings. The molecule has 1 aliphatic heterocycles. The number of aromatic nitrogens is 3. The topological polar surface area (TPSA) is 70.4 Å². The number of fused-ring (bicyclic) bond motifs is 1. The molecule has 0 aliphatic carbocycles. The molecule has 23 heavy (non-hydrogen) atoms. The number of likely N-dealkylation sites (tertiary alicyclic amines) is 1. The molecule has 0 spiro atoms. The third kappa shape index (κ3) is 2.49. The molecular formula is C17H17N5O. The fraction of sp³-hybridized carbons (Fsp3) is 0.353. The predicted octanol–water partition coefficient (Wildman–Crippen LogP) is 2.49. The molecule has 1 atom stereocenters. The number of nitrogens with zero attached hydrogens (tertiary/aromatic N) is 5. The van der Waals surface area contributed by atoms with Gasteiger partial charge in [-0.05, 0) is 32.0 Å². The molecule has 0 radical (unpaired) electrons. The molecule has 6 nitrogen and oxygen atoms in total. The van der Waals surface area contributed by atoms with Crippen molar-refractivity contribution >= 4 is 5.52 Å². The summed E-state index contributed by atoms with van der Waals surface area (Å²) in [6.45, 7) is 4.47. The molecule has 1 saturated heterocycles. The van der Waals surface area contributed by atoms with Gasteiger partial charge < -0.3 is 8.92 Å². The van der Waals surface area contributed by atoms with E-state index in [1.165, 1.54) is 0 Å². The summed E-state index contributed by atoms with van der Waals surface area (Å²) in [5, 5.41) is 13.4. The van der Waals surface area contributed by atoms with Crippen LogP contribution in [-0.2, 0) is 6.54 Å². The van der Waals surface area contributed by atoms with Gasteiger partial charge in [0.2, 0.25) is 5.89 Å². The first-order chi connectivity index (χ1) is 11.2. The number of nitriles is 1. The quantitative estimate of drug-likeness (QED) is 0.743. The van der Waals surface area contributed by atoms with Crippen LogP contribution in [-0.4, -0.2) is 32.5 Å². The SMILES string of the molecule is Cc1noc([C@H]2CCN(Cc3cn4ccccc4c3C#N)C2)n1. The van der Waals surface area contributed by atoms with Gasteiger partial charge in [0.25, 0.3) is 0 Å². The van der Waals surface area contributed by atoms with Crippen molar-refractivity contribution in [2.24, 2.45) is 0 Å². The molecule has 3 aromatic heterocycles. The van der Waals surface area contributed by atoms with Gasteiger partial charge in [0.05, 0.1) is 17.0 Å². The number of hydrogen-bond acceptors (Lipinski definition) is 5. The Bertz CT molecular complexity index is 888. The first-order valence-corrected chi connectivity index (χ1v) is 7.76. The fourth-order valence-corrected chi connectivity index (χ4v) is 3.32. The highest BCUT2D eigenvalue weighted by molar-refractivity contribution is 5.65. The van der Waals surface area contributed by atoms with E-state index in [0.717, 1.165) is 48.6 Å². The minimum absolute atomic E-state index is 0.291. The fourth-order valence-electron chi connectivity index (χ4n) is 3.32. The summed E-state index contributed by atoms with van der Waals surface area (Å²) < 4.78 is 7.31. The van der Waals surface area contributed by atoms with Gasteiger partial charge in [-0.1, -0.05) is 11.2 Å². The summed E-state index contributed by atoms with van der Waals surface area (Å²) in [6, 6.07) is 8.27. The molecule has 1 fully saturated rings. The molecule has 6 heteroatoms. The molecule has 1 aliphatic rings. The van der Waals surface area contributed by atoms with E-state index >= 15 is 0 Å². The van der Waals surface area contributed by atoms with Crippen molar-refractivity contribution in [3.63, 3.8) is 0 Å². The van der Waals surface area contributed by atoms with Crippen LogP contribution in [0.15, 0.2) is 35.1 Å². The van der Waals surface area contributed by atoms with E-state index in [4.69, 9.17) is 4.52 Å². The average Bonchev–Trinajstić information content (AvgIpc) is 3.25. The predicted molar refractivity (Wildman–Crippen MR) is 83.8 cm³/mol. The number of hydrogen-bond donors (Lipinski definition) is 0. The van der Waals surface area contributed by atoms with Crippen molar-refractivity contribution < 1.29 is 4.52 Å². The first-order valence-electron chi connectivity index (χ1n) is 7.76. The van der Waals surface area contributed by atoms with Crippen LogP contribution in [0.4, 0.5) is 0 Å². The summed E-state index contributed by atoms with van der Waals surface area (Å²) in [5.41, 5.74) is 2.80. The van der Waals surface area contributed by atoms with Crippen LogP contribution in [0.1, 0.15) is 35.2 Å². The van der Waals surface area contributed by atoms with E-state index in [9.17, 15) is 5.26 Å². The van der Waals surface area contributed by atoms with E-state index in [2.05, 4.69) is 27.3 Å². The van der Waals surface area contributed by atoms with Gasteiger partial charge in [-0.25, -0.2) is 0 Å². The third-order valence-corrected chi connectivity index (χ3v) is 4.43. The van der Waals surface area contributed by atoms with E-state index in [0.29, 0.717) is 11.7 Å². The zero-order valence-electron chi connectivity index (χ0n) is 12.9. The second-order valence-electron chi connectivity index (χ2n) is 6.03. The molecule has 0 saturated carbocycles. The Labute approximate surface area is 133 Å². The second-order valence-corrected chi connectivity index (χ2v) is 6.03. The second kappa shape index (κ2) is 5.52. The zero-order valence-corrected chi connectivity index (χ0v) is 12.9. The Hall–Kier alpha value is -2.65. The van der Waals surface area contributed by atoms with Crippen LogP contribution in [0.2, 0.25) is 0 Å². The molecule has 4 heterocycles. The van der Waals surface area contributed by atoms with Crippen LogP contribution < -0.4 is 0 Å². The van der Waals surface area contributed by atoms with Gasteiger partial charge in [0, 0.05) is 31.0 Å². The zero-order chi connectivity index (χ0) is 15.8. The van der Waals surface area contributed by atoms with Gasteiger partial charge in [0.1, 0.15) is 6.07 Å². The monoisotopic (exact) mass is 307 g/mol. The standard InChI is InChI=1S/C17H17N5O/c1-12-19-17(23-20-12)13-5-7-21(9-13)10-14-11-22-6-3-2-4-16(22)15(14)8-18/h2-4,6,11,13H,5,7,9-10H2,1H3/t13-/m0/s1. The number of pyridine rings is 1. The molecule has 4 rings (SSSR count). The van der Waals surface area contributed by atoms with Gasteiger partial charge in [0.15, 0.2) is 5.82 Å². The Kier molecular flexibility index (Phi) is 3.36. The van der Waals surface area contributed by atoms with Gasteiger partial charge in [-0.2, -0.15) is 10.2 Å². The maximum Gasteiger partial charge on any atom is 0.231 e. The lowest BCUT2D eigenvalue weighted by Gasteiger charge is -2.14. The van der Waals surface area contributed by atoms with Crippen LogP contribution in [0.3, 0.4) is 0 Å². The number of aryl methyl sites for hydroxylation is 1. The van der Waals surface area contributed by atoms with Crippen LogP contribution in [0.5, 0.6) is 0 Å². The minimum Gasteiger partial charge on any atom is -0.339 e. The first kappa shape index (κ1) is 14.0.